The highest BCUT2D eigenvalue weighted by Crippen LogP contribution is 2.28. The number of hydrogen-bond acceptors (Lipinski definition) is 6. The van der Waals surface area contributed by atoms with Crippen LogP contribution >= 0.6 is 11.6 Å². The van der Waals surface area contributed by atoms with Gasteiger partial charge >= 0.3 is 5.97 Å². The van der Waals surface area contributed by atoms with Gasteiger partial charge in [-0.2, -0.15) is 0 Å². The summed E-state index contributed by atoms with van der Waals surface area (Å²) in [6.07, 6.45) is 0. The second-order valence-electron chi connectivity index (χ2n) is 5.04. The molecule has 0 fully saturated rings. The van der Waals surface area contributed by atoms with Crippen molar-refractivity contribution in [3.05, 3.63) is 47.0 Å². The second-order valence-corrected chi connectivity index (χ2v) is 5.45. The molecule has 1 amide bonds. The van der Waals surface area contributed by atoms with Crippen LogP contribution in [0.15, 0.2) is 36.4 Å². The van der Waals surface area contributed by atoms with Crippen LogP contribution in [0.4, 0.5) is 5.69 Å². The lowest BCUT2D eigenvalue weighted by Crippen LogP contribution is -2.21. The molecule has 0 radical (unpaired) electrons. The molecule has 0 saturated heterocycles. The molecule has 26 heavy (non-hydrogen) atoms. The van der Waals surface area contributed by atoms with Gasteiger partial charge in [0.2, 0.25) is 0 Å². The van der Waals surface area contributed by atoms with Crippen LogP contribution in [0.3, 0.4) is 0 Å². The van der Waals surface area contributed by atoms with Gasteiger partial charge in [0.15, 0.2) is 18.1 Å². The number of carbonyl (C=O) groups is 2. The molecule has 7 nitrogen and oxygen atoms in total. The van der Waals surface area contributed by atoms with Crippen molar-refractivity contribution < 1.29 is 28.5 Å². The fourth-order valence-electron chi connectivity index (χ4n) is 2.12. The molecule has 0 aromatic heterocycles. The minimum absolute atomic E-state index is 0.239. The Labute approximate surface area is 155 Å². The van der Waals surface area contributed by atoms with E-state index in [1.165, 1.54) is 39.5 Å². The summed E-state index contributed by atoms with van der Waals surface area (Å²) in [6, 6.07) is 9.35. The van der Waals surface area contributed by atoms with Gasteiger partial charge in [-0.3, -0.25) is 4.79 Å². The third kappa shape index (κ3) is 4.80. The standard InChI is InChI=1S/C18H18ClNO6/c1-23-14-7-5-12(9-13(14)19)20-17(21)10-26-18(22)11-4-6-15(24-2)16(8-11)25-3/h4-9H,10H2,1-3H3,(H,20,21). The molecule has 2 aromatic carbocycles. The van der Waals surface area contributed by atoms with Gasteiger partial charge in [-0.05, 0) is 36.4 Å². The van der Waals surface area contributed by atoms with Gasteiger partial charge in [-0.15, -0.1) is 0 Å². The summed E-state index contributed by atoms with van der Waals surface area (Å²) in [5.41, 5.74) is 0.700. The lowest BCUT2D eigenvalue weighted by Gasteiger charge is -2.10. The van der Waals surface area contributed by atoms with Gasteiger partial charge < -0.3 is 24.3 Å². The first-order valence-electron chi connectivity index (χ1n) is 7.51. The summed E-state index contributed by atoms with van der Waals surface area (Å²) in [6.45, 7) is -0.448. The van der Waals surface area contributed by atoms with Crippen molar-refractivity contribution in [2.45, 2.75) is 0 Å². The van der Waals surface area contributed by atoms with Crippen molar-refractivity contribution in [1.82, 2.24) is 0 Å². The lowest BCUT2D eigenvalue weighted by molar-refractivity contribution is -0.119. The zero-order valence-electron chi connectivity index (χ0n) is 14.5. The highest BCUT2D eigenvalue weighted by molar-refractivity contribution is 6.32. The van der Waals surface area contributed by atoms with Gasteiger partial charge in [0, 0.05) is 5.69 Å². The average molecular weight is 380 g/mol. The molecule has 0 aliphatic rings. The van der Waals surface area contributed by atoms with Gasteiger partial charge in [-0.25, -0.2) is 4.79 Å². The van der Waals surface area contributed by atoms with E-state index in [4.69, 9.17) is 30.5 Å². The number of anilines is 1. The number of nitrogens with one attached hydrogen (secondary N) is 1. The van der Waals surface area contributed by atoms with Crippen LogP contribution in [0.5, 0.6) is 17.2 Å². The molecular weight excluding hydrogens is 362 g/mol. The molecule has 8 heteroatoms. The Morgan fingerprint density at radius 3 is 2.19 bits per heavy atom. The van der Waals surface area contributed by atoms with Gasteiger partial charge in [0.05, 0.1) is 31.9 Å². The number of amides is 1. The maximum absolute atomic E-state index is 12.1. The molecular formula is C18H18ClNO6. The summed E-state index contributed by atoms with van der Waals surface area (Å²) < 4.78 is 20.3. The Kier molecular flexibility index (Phi) is 6.68. The van der Waals surface area contributed by atoms with Gasteiger partial charge in [0.25, 0.3) is 5.91 Å². The molecule has 0 unspecified atom stereocenters. The first-order valence-corrected chi connectivity index (χ1v) is 7.88. The largest absolute Gasteiger partial charge is 0.495 e. The van der Waals surface area contributed by atoms with Crippen molar-refractivity contribution in [2.24, 2.45) is 0 Å². The van der Waals surface area contributed by atoms with E-state index in [2.05, 4.69) is 5.32 Å². The molecule has 0 spiro atoms. The van der Waals surface area contributed by atoms with Crippen molar-refractivity contribution in [3.8, 4) is 17.2 Å². The van der Waals surface area contributed by atoms with E-state index < -0.39 is 18.5 Å². The molecule has 138 valence electrons. The zero-order valence-corrected chi connectivity index (χ0v) is 15.3. The first-order chi connectivity index (χ1) is 12.5. The highest BCUT2D eigenvalue weighted by atomic mass is 35.5. The summed E-state index contributed by atoms with van der Waals surface area (Å²) in [4.78, 5) is 24.0. The van der Waals surface area contributed by atoms with E-state index in [-0.39, 0.29) is 5.56 Å². The SMILES string of the molecule is COc1ccc(NC(=O)COC(=O)c2ccc(OC)c(OC)c2)cc1Cl. The maximum Gasteiger partial charge on any atom is 0.338 e. The Balaban J connectivity index is 1.94. The van der Waals surface area contributed by atoms with Crippen molar-refractivity contribution in [1.29, 1.82) is 0 Å². The van der Waals surface area contributed by atoms with Crippen molar-refractivity contribution in [3.63, 3.8) is 0 Å². The summed E-state index contributed by atoms with van der Waals surface area (Å²) in [5, 5.41) is 2.94. The predicted molar refractivity (Wildman–Crippen MR) is 96.5 cm³/mol. The number of rotatable bonds is 7. The van der Waals surface area contributed by atoms with E-state index in [1.54, 1.807) is 18.2 Å². The van der Waals surface area contributed by atoms with E-state index in [0.717, 1.165) is 0 Å². The van der Waals surface area contributed by atoms with Crippen molar-refractivity contribution >= 4 is 29.2 Å². The van der Waals surface area contributed by atoms with Crippen LogP contribution in [-0.4, -0.2) is 39.8 Å². The number of hydrogen-bond donors (Lipinski definition) is 1. The van der Waals surface area contributed by atoms with E-state index in [1.807, 2.05) is 0 Å². The Morgan fingerprint density at radius 1 is 0.923 bits per heavy atom. The third-order valence-electron chi connectivity index (χ3n) is 3.39. The van der Waals surface area contributed by atoms with Crippen LogP contribution in [0.25, 0.3) is 0 Å². The van der Waals surface area contributed by atoms with Crippen LogP contribution in [0.1, 0.15) is 10.4 Å². The number of halogens is 1. The first kappa shape index (κ1) is 19.4. The van der Waals surface area contributed by atoms with Crippen LogP contribution in [0.2, 0.25) is 5.02 Å². The fraction of sp³-hybridized carbons (Fsp3) is 0.222. The third-order valence-corrected chi connectivity index (χ3v) is 3.68. The minimum Gasteiger partial charge on any atom is -0.495 e. The molecule has 0 heterocycles. The molecule has 0 atom stereocenters. The van der Waals surface area contributed by atoms with Gasteiger partial charge in [0.1, 0.15) is 5.75 Å². The van der Waals surface area contributed by atoms with E-state index in [0.29, 0.717) is 28.0 Å². The second kappa shape index (κ2) is 8.96. The summed E-state index contributed by atoms with van der Waals surface area (Å²) in [5.74, 6) is 0.205. The topological polar surface area (TPSA) is 83.1 Å². The Hall–Kier alpha value is -2.93. The number of carbonyl (C=O) groups excluding carboxylic acids is 2. The molecule has 1 N–H and O–H groups in total. The van der Waals surface area contributed by atoms with Crippen LogP contribution < -0.4 is 19.5 Å². The monoisotopic (exact) mass is 379 g/mol. The molecule has 2 rings (SSSR count). The Morgan fingerprint density at radius 2 is 1.58 bits per heavy atom. The predicted octanol–water partition coefficient (Wildman–Crippen LogP) is 3.16. The number of esters is 1. The maximum atomic E-state index is 12.1. The molecule has 2 aromatic rings. The minimum atomic E-state index is -0.658. The van der Waals surface area contributed by atoms with E-state index in [9.17, 15) is 9.59 Å². The molecule has 0 aliphatic carbocycles. The number of benzene rings is 2. The average Bonchev–Trinajstić information content (AvgIpc) is 2.65. The van der Waals surface area contributed by atoms with E-state index >= 15 is 0 Å². The number of ether oxygens (including phenoxy) is 4. The fourth-order valence-corrected chi connectivity index (χ4v) is 2.38. The van der Waals surface area contributed by atoms with Crippen molar-refractivity contribution in [2.75, 3.05) is 33.3 Å². The molecule has 0 bridgehead atoms. The quantitative estimate of drug-likeness (QED) is 0.744. The smallest absolute Gasteiger partial charge is 0.338 e. The normalized spacial score (nSPS) is 10.0. The Bertz CT molecular complexity index is 808. The number of methoxy groups -OCH3 is 3. The van der Waals surface area contributed by atoms with Gasteiger partial charge in [-0.1, -0.05) is 11.6 Å². The lowest BCUT2D eigenvalue weighted by atomic mass is 10.2. The summed E-state index contributed by atoms with van der Waals surface area (Å²) in [7, 11) is 4.44. The van der Waals surface area contributed by atoms with Crippen LogP contribution in [0, 0.1) is 0 Å². The molecule has 0 aliphatic heterocycles. The molecule has 0 saturated carbocycles. The summed E-state index contributed by atoms with van der Waals surface area (Å²) >= 11 is 5.99. The zero-order chi connectivity index (χ0) is 19.1. The van der Waals surface area contributed by atoms with Crippen LogP contribution in [-0.2, 0) is 9.53 Å². The highest BCUT2D eigenvalue weighted by Gasteiger charge is 2.14.